The van der Waals surface area contributed by atoms with Crippen molar-refractivity contribution in [3.63, 3.8) is 0 Å². The highest BCUT2D eigenvalue weighted by atomic mass is 32.1. The van der Waals surface area contributed by atoms with Gasteiger partial charge in [-0.15, -0.1) is 11.3 Å². The maximum absolute atomic E-state index is 3.80. The Morgan fingerprint density at radius 3 is 2.08 bits per heavy atom. The molecule has 0 radical (unpaired) electrons. The van der Waals surface area contributed by atoms with E-state index in [1.165, 1.54) is 53.2 Å². The highest BCUT2D eigenvalue weighted by molar-refractivity contribution is 7.26. The molecule has 1 heterocycles. The summed E-state index contributed by atoms with van der Waals surface area (Å²) in [4.78, 5) is 0. The number of nitrogens with one attached hydrogen (secondary N) is 1. The number of rotatable bonds is 4. The van der Waals surface area contributed by atoms with E-state index in [4.69, 9.17) is 0 Å². The fourth-order valence-electron chi connectivity index (χ4n) is 5.14. The van der Waals surface area contributed by atoms with E-state index in [0.29, 0.717) is 0 Å². The van der Waals surface area contributed by atoms with Crippen molar-refractivity contribution in [1.82, 2.24) is 0 Å². The van der Waals surface area contributed by atoms with Crippen LogP contribution in [-0.2, 0) is 0 Å². The SMILES string of the molecule is c1ccc(-c2ccc3sc4c(Nc5ccccc5-c5cccc6ccccc56)cccc4c3c2)cc1. The molecule has 1 aromatic heterocycles. The van der Waals surface area contributed by atoms with Gasteiger partial charge >= 0.3 is 0 Å². The zero-order valence-electron chi connectivity index (χ0n) is 19.6. The minimum atomic E-state index is 1.11. The minimum absolute atomic E-state index is 1.11. The molecule has 0 spiro atoms. The second-order valence-electron chi connectivity index (χ2n) is 9.06. The predicted octanol–water partition coefficient (Wildman–Crippen LogP) is 10.3. The zero-order chi connectivity index (χ0) is 23.9. The van der Waals surface area contributed by atoms with Gasteiger partial charge in [-0.25, -0.2) is 0 Å². The maximum atomic E-state index is 3.80. The van der Waals surface area contributed by atoms with Crippen LogP contribution in [0.3, 0.4) is 0 Å². The van der Waals surface area contributed by atoms with Crippen molar-refractivity contribution in [3.8, 4) is 22.3 Å². The Morgan fingerprint density at radius 2 is 1.14 bits per heavy atom. The lowest BCUT2D eigenvalue weighted by molar-refractivity contribution is 1.57. The van der Waals surface area contributed by atoms with Crippen LogP contribution in [0.4, 0.5) is 11.4 Å². The molecule has 0 aliphatic carbocycles. The third-order valence-corrected chi connectivity index (χ3v) is 8.10. The van der Waals surface area contributed by atoms with Crippen LogP contribution in [0, 0.1) is 0 Å². The van der Waals surface area contributed by atoms with Crippen molar-refractivity contribution in [2.75, 3.05) is 5.32 Å². The van der Waals surface area contributed by atoms with Crippen LogP contribution in [0.15, 0.2) is 133 Å². The molecule has 0 atom stereocenters. The second kappa shape index (κ2) is 8.67. The molecule has 2 heteroatoms. The first-order valence-corrected chi connectivity index (χ1v) is 13.0. The minimum Gasteiger partial charge on any atom is -0.354 e. The van der Waals surface area contributed by atoms with E-state index in [1.807, 2.05) is 11.3 Å². The molecule has 36 heavy (non-hydrogen) atoms. The van der Waals surface area contributed by atoms with Gasteiger partial charge in [-0.1, -0.05) is 109 Å². The number of hydrogen-bond acceptors (Lipinski definition) is 2. The molecule has 0 saturated heterocycles. The van der Waals surface area contributed by atoms with Crippen LogP contribution in [0.2, 0.25) is 0 Å². The molecule has 0 unspecified atom stereocenters. The molecule has 0 bridgehead atoms. The summed E-state index contributed by atoms with van der Waals surface area (Å²) >= 11 is 1.85. The van der Waals surface area contributed by atoms with E-state index >= 15 is 0 Å². The molecule has 7 rings (SSSR count). The molecule has 170 valence electrons. The Kier molecular flexibility index (Phi) is 5.04. The maximum Gasteiger partial charge on any atom is 0.0590 e. The molecule has 7 aromatic rings. The van der Waals surface area contributed by atoms with E-state index < -0.39 is 0 Å². The first-order valence-electron chi connectivity index (χ1n) is 12.2. The first-order chi connectivity index (χ1) is 17.8. The molecular weight excluding hydrogens is 454 g/mol. The lowest BCUT2D eigenvalue weighted by atomic mass is 9.97. The molecule has 6 aromatic carbocycles. The van der Waals surface area contributed by atoms with E-state index in [1.54, 1.807) is 0 Å². The summed E-state index contributed by atoms with van der Waals surface area (Å²) in [5.74, 6) is 0. The smallest absolute Gasteiger partial charge is 0.0590 e. The van der Waals surface area contributed by atoms with Crippen molar-refractivity contribution < 1.29 is 0 Å². The Balaban J connectivity index is 1.35. The van der Waals surface area contributed by atoms with Crippen molar-refractivity contribution >= 4 is 53.7 Å². The summed E-state index contributed by atoms with van der Waals surface area (Å²) < 4.78 is 2.59. The number of thiophene rings is 1. The van der Waals surface area contributed by atoms with Gasteiger partial charge in [-0.3, -0.25) is 0 Å². The van der Waals surface area contributed by atoms with Gasteiger partial charge in [0.25, 0.3) is 0 Å². The highest BCUT2D eigenvalue weighted by Crippen LogP contribution is 2.42. The third kappa shape index (κ3) is 3.55. The fourth-order valence-corrected chi connectivity index (χ4v) is 6.29. The van der Waals surface area contributed by atoms with Crippen LogP contribution in [-0.4, -0.2) is 0 Å². The van der Waals surface area contributed by atoms with Crippen LogP contribution in [0.25, 0.3) is 53.2 Å². The van der Waals surface area contributed by atoms with Gasteiger partial charge in [0.05, 0.1) is 10.4 Å². The summed E-state index contributed by atoms with van der Waals surface area (Å²) in [5.41, 5.74) is 7.21. The van der Waals surface area contributed by atoms with E-state index in [0.717, 1.165) is 11.4 Å². The predicted molar refractivity (Wildman–Crippen MR) is 157 cm³/mol. The van der Waals surface area contributed by atoms with Crippen molar-refractivity contribution in [2.45, 2.75) is 0 Å². The van der Waals surface area contributed by atoms with Gasteiger partial charge in [0, 0.05) is 26.7 Å². The zero-order valence-corrected chi connectivity index (χ0v) is 20.4. The molecule has 0 amide bonds. The van der Waals surface area contributed by atoms with Gasteiger partial charge in [0.1, 0.15) is 0 Å². The van der Waals surface area contributed by atoms with Crippen molar-refractivity contribution in [2.24, 2.45) is 0 Å². The van der Waals surface area contributed by atoms with Gasteiger partial charge in [0.15, 0.2) is 0 Å². The number of benzene rings is 6. The third-order valence-electron chi connectivity index (χ3n) is 6.88. The molecule has 0 fully saturated rings. The number of fused-ring (bicyclic) bond motifs is 4. The van der Waals surface area contributed by atoms with Crippen LogP contribution >= 0.6 is 11.3 Å². The Labute approximate surface area is 214 Å². The normalized spacial score (nSPS) is 11.3. The standard InChI is InChI=1S/C34H23NS/c1-2-10-23(11-3-1)25-20-21-33-30(22-25)29-17-9-19-32(34(29)36-33)35-31-18-7-6-15-28(31)27-16-8-13-24-12-4-5-14-26(24)27/h1-22,35H. The number of hydrogen-bond donors (Lipinski definition) is 1. The van der Waals surface area contributed by atoms with Crippen molar-refractivity contribution in [1.29, 1.82) is 0 Å². The largest absolute Gasteiger partial charge is 0.354 e. The van der Waals surface area contributed by atoms with Crippen LogP contribution < -0.4 is 5.32 Å². The Morgan fingerprint density at radius 1 is 0.444 bits per heavy atom. The molecule has 0 aliphatic rings. The summed E-state index contributed by atoms with van der Waals surface area (Å²) in [6.45, 7) is 0. The fraction of sp³-hybridized carbons (Fsp3) is 0. The van der Waals surface area contributed by atoms with E-state index in [9.17, 15) is 0 Å². The lowest BCUT2D eigenvalue weighted by Gasteiger charge is -2.15. The van der Waals surface area contributed by atoms with Gasteiger partial charge in [-0.05, 0) is 51.7 Å². The summed E-state index contributed by atoms with van der Waals surface area (Å²) in [6.07, 6.45) is 0. The van der Waals surface area contributed by atoms with E-state index in [-0.39, 0.29) is 0 Å². The summed E-state index contributed by atoms with van der Waals surface area (Å²) in [6, 6.07) is 47.8. The van der Waals surface area contributed by atoms with Gasteiger partial charge in [-0.2, -0.15) is 0 Å². The van der Waals surface area contributed by atoms with Crippen molar-refractivity contribution in [3.05, 3.63) is 133 Å². The molecular formula is C34H23NS. The highest BCUT2D eigenvalue weighted by Gasteiger charge is 2.13. The second-order valence-corrected chi connectivity index (χ2v) is 10.1. The first kappa shape index (κ1) is 20.9. The molecule has 1 nitrogen and oxygen atoms in total. The average molecular weight is 478 g/mol. The Bertz CT molecular complexity index is 1860. The number of anilines is 2. The average Bonchev–Trinajstić information content (AvgIpc) is 3.33. The molecule has 0 aliphatic heterocycles. The van der Waals surface area contributed by atoms with Gasteiger partial charge in [0.2, 0.25) is 0 Å². The summed E-state index contributed by atoms with van der Waals surface area (Å²) in [7, 11) is 0. The molecule has 0 saturated carbocycles. The Hall–Kier alpha value is -4.40. The summed E-state index contributed by atoms with van der Waals surface area (Å²) in [5, 5.41) is 8.92. The quantitative estimate of drug-likeness (QED) is 0.266. The van der Waals surface area contributed by atoms with Crippen LogP contribution in [0.5, 0.6) is 0 Å². The van der Waals surface area contributed by atoms with Gasteiger partial charge < -0.3 is 5.32 Å². The lowest BCUT2D eigenvalue weighted by Crippen LogP contribution is -1.94. The number of para-hydroxylation sites is 1. The monoisotopic (exact) mass is 477 g/mol. The topological polar surface area (TPSA) is 12.0 Å². The molecule has 1 N–H and O–H groups in total. The van der Waals surface area contributed by atoms with Crippen LogP contribution in [0.1, 0.15) is 0 Å². The van der Waals surface area contributed by atoms with E-state index in [2.05, 4.69) is 139 Å².